The van der Waals surface area contributed by atoms with Gasteiger partial charge in [0.1, 0.15) is 5.69 Å². The summed E-state index contributed by atoms with van der Waals surface area (Å²) in [5, 5.41) is 0. The number of aromatic nitrogens is 1. The van der Waals surface area contributed by atoms with Crippen molar-refractivity contribution in [3.05, 3.63) is 21.5 Å². The molecule has 1 aromatic rings. The summed E-state index contributed by atoms with van der Waals surface area (Å²) in [4.78, 5) is 14.4. The van der Waals surface area contributed by atoms with E-state index in [4.69, 9.17) is 0 Å². The number of carbonyl (C=O) groups excluding carboxylic acids is 1. The molecule has 1 aliphatic heterocycles. The Kier molecular flexibility index (Phi) is 3.56. The van der Waals surface area contributed by atoms with E-state index >= 15 is 0 Å². The van der Waals surface area contributed by atoms with Crippen LogP contribution in [-0.2, 0) is 7.05 Å². The minimum Gasteiger partial charge on any atom is -0.346 e. The molecule has 0 aliphatic carbocycles. The van der Waals surface area contributed by atoms with Crippen LogP contribution in [0.5, 0.6) is 0 Å². The monoisotopic (exact) mass is 332 g/mol. The molecule has 0 saturated carbocycles. The van der Waals surface area contributed by atoms with E-state index in [0.29, 0.717) is 6.04 Å². The molecule has 88 valence electrons. The van der Waals surface area contributed by atoms with Gasteiger partial charge in [-0.25, -0.2) is 0 Å². The second kappa shape index (κ2) is 4.77. The Morgan fingerprint density at radius 2 is 2.25 bits per heavy atom. The minimum absolute atomic E-state index is 0.178. The first-order valence-electron chi connectivity index (χ1n) is 5.72. The first-order valence-corrected chi connectivity index (χ1v) is 6.80. The number of nitrogens with zero attached hydrogens (tertiary/aromatic N) is 2. The Labute approximate surface area is 110 Å². The van der Waals surface area contributed by atoms with E-state index in [0.717, 1.165) is 28.7 Å². The zero-order chi connectivity index (χ0) is 11.7. The largest absolute Gasteiger partial charge is 0.346 e. The van der Waals surface area contributed by atoms with Crippen molar-refractivity contribution in [1.82, 2.24) is 9.47 Å². The normalized spacial score (nSPS) is 21.2. The Morgan fingerprint density at radius 1 is 1.50 bits per heavy atom. The van der Waals surface area contributed by atoms with Crippen molar-refractivity contribution in [2.24, 2.45) is 7.05 Å². The van der Waals surface area contributed by atoms with Gasteiger partial charge in [0.15, 0.2) is 0 Å². The molecule has 4 heteroatoms. The topological polar surface area (TPSA) is 25.2 Å². The molecule has 0 radical (unpaired) electrons. The van der Waals surface area contributed by atoms with Crippen molar-refractivity contribution >= 4 is 28.5 Å². The van der Waals surface area contributed by atoms with Gasteiger partial charge in [0.2, 0.25) is 0 Å². The number of hydrogen-bond acceptors (Lipinski definition) is 1. The highest BCUT2D eigenvalue weighted by molar-refractivity contribution is 14.1. The van der Waals surface area contributed by atoms with Gasteiger partial charge in [0.25, 0.3) is 5.91 Å². The number of piperidine rings is 1. The molecule has 0 spiro atoms. The molecule has 3 nitrogen and oxygen atoms in total. The quantitative estimate of drug-likeness (QED) is 0.726. The predicted octanol–water partition coefficient (Wildman–Crippen LogP) is 2.64. The molecule has 1 unspecified atom stereocenters. The summed E-state index contributed by atoms with van der Waals surface area (Å²) in [5.41, 5.74) is 0.804. The Balaban J connectivity index is 2.21. The van der Waals surface area contributed by atoms with Crippen LogP contribution >= 0.6 is 22.6 Å². The number of hydrogen-bond donors (Lipinski definition) is 0. The number of rotatable bonds is 1. The van der Waals surface area contributed by atoms with E-state index in [9.17, 15) is 4.79 Å². The molecule has 2 heterocycles. The highest BCUT2D eigenvalue weighted by atomic mass is 127. The van der Waals surface area contributed by atoms with Gasteiger partial charge in [0, 0.05) is 29.4 Å². The number of likely N-dealkylation sites (tertiary alicyclic amines) is 1. The van der Waals surface area contributed by atoms with Gasteiger partial charge in [0.05, 0.1) is 0 Å². The summed E-state index contributed by atoms with van der Waals surface area (Å²) in [6.45, 7) is 3.05. The van der Waals surface area contributed by atoms with Crippen molar-refractivity contribution < 1.29 is 4.79 Å². The van der Waals surface area contributed by atoms with Gasteiger partial charge in [-0.3, -0.25) is 4.79 Å². The summed E-state index contributed by atoms with van der Waals surface area (Å²) in [6, 6.07) is 2.35. The van der Waals surface area contributed by atoms with Crippen LogP contribution in [0.1, 0.15) is 36.7 Å². The standard InChI is InChI=1S/C12H17IN2O/c1-9-5-3-4-6-15(9)12(16)11-7-10(13)8-14(11)2/h7-9H,3-6H2,1-2H3. The second-order valence-corrected chi connectivity index (χ2v) is 5.74. The van der Waals surface area contributed by atoms with E-state index in [-0.39, 0.29) is 5.91 Å². The average molecular weight is 332 g/mol. The molecule has 1 fully saturated rings. The number of halogens is 1. The maximum Gasteiger partial charge on any atom is 0.270 e. The third-order valence-corrected chi connectivity index (χ3v) is 3.84. The molecule has 1 aliphatic rings. The van der Waals surface area contributed by atoms with Gasteiger partial charge in [-0.05, 0) is 54.8 Å². The fraction of sp³-hybridized carbons (Fsp3) is 0.583. The molecular weight excluding hydrogens is 315 g/mol. The van der Waals surface area contributed by atoms with E-state index < -0.39 is 0 Å². The zero-order valence-corrected chi connectivity index (χ0v) is 11.9. The zero-order valence-electron chi connectivity index (χ0n) is 9.74. The van der Waals surface area contributed by atoms with Crippen LogP contribution in [0.15, 0.2) is 12.3 Å². The van der Waals surface area contributed by atoms with Crippen LogP contribution in [0.3, 0.4) is 0 Å². The smallest absolute Gasteiger partial charge is 0.270 e. The molecule has 0 bridgehead atoms. The molecule has 1 saturated heterocycles. The van der Waals surface area contributed by atoms with Crippen LogP contribution in [0.25, 0.3) is 0 Å². The number of carbonyl (C=O) groups is 1. The van der Waals surface area contributed by atoms with Crippen LogP contribution < -0.4 is 0 Å². The third-order valence-electron chi connectivity index (χ3n) is 3.25. The maximum absolute atomic E-state index is 12.3. The molecule has 16 heavy (non-hydrogen) atoms. The predicted molar refractivity (Wildman–Crippen MR) is 72.5 cm³/mol. The van der Waals surface area contributed by atoms with E-state index in [1.54, 1.807) is 0 Å². The summed E-state index contributed by atoms with van der Waals surface area (Å²) in [7, 11) is 1.93. The van der Waals surface area contributed by atoms with Crippen molar-refractivity contribution in [2.45, 2.75) is 32.2 Å². The van der Waals surface area contributed by atoms with E-state index in [1.807, 2.05) is 28.8 Å². The Morgan fingerprint density at radius 3 is 2.81 bits per heavy atom. The first-order chi connectivity index (χ1) is 7.59. The molecular formula is C12H17IN2O. The summed E-state index contributed by atoms with van der Waals surface area (Å²) in [5.74, 6) is 0.178. The average Bonchev–Trinajstić information content (AvgIpc) is 2.58. The number of aryl methyl sites for hydroxylation is 1. The summed E-state index contributed by atoms with van der Waals surface area (Å²) in [6.07, 6.45) is 5.50. The highest BCUT2D eigenvalue weighted by Gasteiger charge is 2.25. The van der Waals surface area contributed by atoms with Gasteiger partial charge >= 0.3 is 0 Å². The van der Waals surface area contributed by atoms with Crippen molar-refractivity contribution in [3.63, 3.8) is 0 Å². The lowest BCUT2D eigenvalue weighted by molar-refractivity contribution is 0.0626. The SMILES string of the molecule is CC1CCCCN1C(=O)c1cc(I)cn1C. The molecule has 1 aromatic heterocycles. The molecule has 0 N–H and O–H groups in total. The van der Waals surface area contributed by atoms with Crippen LogP contribution in [0.2, 0.25) is 0 Å². The lowest BCUT2D eigenvalue weighted by Crippen LogP contribution is -2.42. The van der Waals surface area contributed by atoms with Crippen LogP contribution in [0, 0.1) is 3.57 Å². The van der Waals surface area contributed by atoms with Crippen LogP contribution in [-0.4, -0.2) is 28.0 Å². The lowest BCUT2D eigenvalue weighted by Gasteiger charge is -2.33. The molecule has 0 aromatic carbocycles. The van der Waals surface area contributed by atoms with Gasteiger partial charge < -0.3 is 9.47 Å². The molecule has 1 atom stereocenters. The Hall–Kier alpha value is -0.520. The minimum atomic E-state index is 0.178. The van der Waals surface area contributed by atoms with E-state index in [2.05, 4.69) is 29.5 Å². The van der Waals surface area contributed by atoms with Gasteiger partial charge in [-0.15, -0.1) is 0 Å². The first kappa shape index (κ1) is 12.0. The van der Waals surface area contributed by atoms with Crippen molar-refractivity contribution in [2.75, 3.05) is 6.54 Å². The summed E-state index contributed by atoms with van der Waals surface area (Å²) >= 11 is 2.24. The fourth-order valence-electron chi connectivity index (χ4n) is 2.28. The highest BCUT2D eigenvalue weighted by Crippen LogP contribution is 2.20. The Bertz CT molecular complexity index is 400. The maximum atomic E-state index is 12.3. The third kappa shape index (κ3) is 2.26. The summed E-state index contributed by atoms with van der Waals surface area (Å²) < 4.78 is 3.04. The molecule has 2 rings (SSSR count). The lowest BCUT2D eigenvalue weighted by atomic mass is 10.0. The van der Waals surface area contributed by atoms with Gasteiger partial charge in [-0.2, -0.15) is 0 Å². The molecule has 1 amide bonds. The van der Waals surface area contributed by atoms with Crippen molar-refractivity contribution in [1.29, 1.82) is 0 Å². The number of amides is 1. The van der Waals surface area contributed by atoms with E-state index in [1.165, 1.54) is 6.42 Å². The van der Waals surface area contributed by atoms with Crippen molar-refractivity contribution in [3.8, 4) is 0 Å². The van der Waals surface area contributed by atoms with Crippen LogP contribution in [0.4, 0.5) is 0 Å². The van der Waals surface area contributed by atoms with Gasteiger partial charge in [-0.1, -0.05) is 0 Å². The second-order valence-electron chi connectivity index (χ2n) is 4.50. The fourth-order valence-corrected chi connectivity index (χ4v) is 3.00.